The summed E-state index contributed by atoms with van der Waals surface area (Å²) in [5.74, 6) is 0. The number of benzene rings is 1. The Kier molecular flexibility index (Phi) is 3.64. The maximum Gasteiger partial charge on any atom is 0.135 e. The first-order chi connectivity index (χ1) is 14.4. The van der Waals surface area contributed by atoms with Crippen molar-refractivity contribution >= 4 is 27.5 Å². The summed E-state index contributed by atoms with van der Waals surface area (Å²) in [4.78, 5) is 8.47. The molecule has 0 atom stereocenters. The van der Waals surface area contributed by atoms with Gasteiger partial charge in [0.25, 0.3) is 0 Å². The Labute approximate surface area is 166 Å². The number of fused-ring (bicyclic) bond motifs is 2. The minimum atomic E-state index is 0.839. The highest BCUT2D eigenvalue weighted by atomic mass is 16.3. The topological polar surface area (TPSA) is 82.5 Å². The Bertz CT molecular complexity index is 1360. The molecule has 0 radical (unpaired) electrons. The minimum absolute atomic E-state index is 0.839. The Morgan fingerprint density at radius 2 is 2.03 bits per heavy atom. The average molecular weight is 381 g/mol. The summed E-state index contributed by atoms with van der Waals surface area (Å²) in [6, 6.07) is 14.5. The fraction of sp³-hybridized carbons (Fsp3) is 0.130. The smallest absolute Gasteiger partial charge is 0.135 e. The Morgan fingerprint density at radius 3 is 2.90 bits per heavy atom. The average Bonchev–Trinajstić information content (AvgIpc) is 3.52. The van der Waals surface area contributed by atoms with Crippen LogP contribution in [0.25, 0.3) is 50.0 Å². The van der Waals surface area contributed by atoms with Gasteiger partial charge in [-0.25, -0.2) is 4.98 Å². The fourth-order valence-electron chi connectivity index (χ4n) is 4.07. The zero-order valence-corrected chi connectivity index (χ0v) is 15.7. The lowest BCUT2D eigenvalue weighted by atomic mass is 10.0. The maximum absolute atomic E-state index is 5.28. The molecule has 1 aliphatic rings. The molecule has 6 rings (SSSR count). The van der Waals surface area contributed by atoms with Crippen LogP contribution in [-0.4, -0.2) is 33.3 Å². The van der Waals surface area contributed by atoms with Crippen LogP contribution in [0.2, 0.25) is 0 Å². The largest absolute Gasteiger partial charge is 0.472 e. The van der Waals surface area contributed by atoms with Crippen molar-refractivity contribution in [2.45, 2.75) is 6.42 Å². The normalized spacial score (nSPS) is 14.6. The highest BCUT2D eigenvalue weighted by Gasteiger charge is 2.16. The molecule has 0 saturated carbocycles. The van der Waals surface area contributed by atoms with E-state index in [0.717, 1.165) is 69.7 Å². The molecule has 3 N–H and O–H groups in total. The van der Waals surface area contributed by atoms with E-state index in [9.17, 15) is 0 Å². The first kappa shape index (κ1) is 16.3. The molecule has 0 bridgehead atoms. The molecule has 0 saturated heterocycles. The van der Waals surface area contributed by atoms with E-state index >= 15 is 0 Å². The van der Waals surface area contributed by atoms with Gasteiger partial charge >= 0.3 is 0 Å². The van der Waals surface area contributed by atoms with E-state index in [4.69, 9.17) is 9.40 Å². The molecule has 1 aliphatic heterocycles. The van der Waals surface area contributed by atoms with Crippen molar-refractivity contribution in [1.29, 1.82) is 0 Å². The number of nitrogens with one attached hydrogen (secondary N) is 3. The third-order valence-corrected chi connectivity index (χ3v) is 5.55. The van der Waals surface area contributed by atoms with E-state index in [1.165, 1.54) is 5.57 Å². The standard InChI is InChI=1S/C23H19N5O/c1-2-16(15-8-11-29-13-15)17-12-21(25-19(17)3-1)23-22-20(27-28-23)5-4-18(26-22)14-6-9-24-10-7-14/h1-6,8,11-13,24-25H,7,9-10H2,(H,27,28). The molecule has 6 nitrogen and oxygen atoms in total. The van der Waals surface area contributed by atoms with Crippen LogP contribution in [0.1, 0.15) is 12.1 Å². The molecule has 0 spiro atoms. The number of hydrogen-bond donors (Lipinski definition) is 3. The highest BCUT2D eigenvalue weighted by molar-refractivity contribution is 6.00. The second kappa shape index (κ2) is 6.46. The lowest BCUT2D eigenvalue weighted by Gasteiger charge is -2.13. The molecule has 1 aromatic carbocycles. The van der Waals surface area contributed by atoms with Crippen LogP contribution < -0.4 is 5.32 Å². The second-order valence-corrected chi connectivity index (χ2v) is 7.31. The molecule has 0 fully saturated rings. The summed E-state index contributed by atoms with van der Waals surface area (Å²) in [6.45, 7) is 1.88. The number of H-pyrrole nitrogens is 2. The van der Waals surface area contributed by atoms with Crippen LogP contribution in [-0.2, 0) is 0 Å². The molecule has 142 valence electrons. The van der Waals surface area contributed by atoms with Crippen molar-refractivity contribution in [2.24, 2.45) is 0 Å². The number of hydrogen-bond acceptors (Lipinski definition) is 4. The van der Waals surface area contributed by atoms with Crippen molar-refractivity contribution in [3.63, 3.8) is 0 Å². The van der Waals surface area contributed by atoms with Crippen molar-refractivity contribution in [2.75, 3.05) is 13.1 Å². The van der Waals surface area contributed by atoms with Crippen LogP contribution in [0.4, 0.5) is 0 Å². The molecular formula is C23H19N5O. The van der Waals surface area contributed by atoms with Crippen molar-refractivity contribution in [3.05, 3.63) is 66.8 Å². The first-order valence-corrected chi connectivity index (χ1v) is 9.77. The summed E-state index contributed by atoms with van der Waals surface area (Å²) < 4.78 is 5.28. The number of aromatic amines is 2. The molecule has 6 heteroatoms. The van der Waals surface area contributed by atoms with E-state index in [1.807, 2.05) is 12.1 Å². The monoisotopic (exact) mass is 381 g/mol. The minimum Gasteiger partial charge on any atom is -0.472 e. The van der Waals surface area contributed by atoms with Gasteiger partial charge in [0, 0.05) is 23.0 Å². The molecule has 0 aliphatic carbocycles. The van der Waals surface area contributed by atoms with Gasteiger partial charge in [-0.2, -0.15) is 5.10 Å². The van der Waals surface area contributed by atoms with Gasteiger partial charge in [-0.05, 0) is 54.4 Å². The van der Waals surface area contributed by atoms with Crippen molar-refractivity contribution in [3.8, 4) is 22.5 Å². The predicted molar refractivity (Wildman–Crippen MR) is 114 cm³/mol. The number of rotatable bonds is 3. The summed E-state index contributed by atoms with van der Waals surface area (Å²) >= 11 is 0. The van der Waals surface area contributed by atoms with Gasteiger partial charge in [0.2, 0.25) is 0 Å². The van der Waals surface area contributed by atoms with Gasteiger partial charge in [0.15, 0.2) is 0 Å². The lowest BCUT2D eigenvalue weighted by Crippen LogP contribution is -2.20. The maximum atomic E-state index is 5.28. The zero-order chi connectivity index (χ0) is 19.2. The molecular weight excluding hydrogens is 362 g/mol. The highest BCUT2D eigenvalue weighted by Crippen LogP contribution is 2.34. The Hall–Kier alpha value is -3.64. The Morgan fingerprint density at radius 1 is 1.03 bits per heavy atom. The molecule has 4 aromatic heterocycles. The summed E-state index contributed by atoms with van der Waals surface area (Å²) in [7, 11) is 0. The van der Waals surface area contributed by atoms with Crippen LogP contribution in [0.3, 0.4) is 0 Å². The van der Waals surface area contributed by atoms with Crippen molar-refractivity contribution in [1.82, 2.24) is 25.5 Å². The SMILES string of the molecule is C1=C(c2ccc3[nH]nc(-c4cc5c(-c6ccoc6)cccc5[nH]4)c3n2)CCNC1. The van der Waals surface area contributed by atoms with Crippen molar-refractivity contribution < 1.29 is 4.42 Å². The number of aromatic nitrogens is 4. The molecule has 0 unspecified atom stereocenters. The predicted octanol–water partition coefficient (Wildman–Crippen LogP) is 4.74. The second-order valence-electron chi connectivity index (χ2n) is 7.31. The molecule has 0 amide bonds. The van der Waals surface area contributed by atoms with Crippen LogP contribution in [0.15, 0.2) is 65.5 Å². The van der Waals surface area contributed by atoms with Crippen LogP contribution in [0.5, 0.6) is 0 Å². The van der Waals surface area contributed by atoms with Gasteiger partial charge in [-0.15, -0.1) is 0 Å². The number of furan rings is 1. The third kappa shape index (κ3) is 2.68. The van der Waals surface area contributed by atoms with E-state index in [-0.39, 0.29) is 0 Å². The van der Waals surface area contributed by atoms with Crippen LogP contribution >= 0.6 is 0 Å². The zero-order valence-electron chi connectivity index (χ0n) is 15.7. The van der Waals surface area contributed by atoms with Gasteiger partial charge in [0.1, 0.15) is 11.2 Å². The van der Waals surface area contributed by atoms with E-state index in [1.54, 1.807) is 12.5 Å². The quantitative estimate of drug-likeness (QED) is 0.421. The van der Waals surface area contributed by atoms with E-state index < -0.39 is 0 Å². The van der Waals surface area contributed by atoms with Gasteiger partial charge in [0.05, 0.1) is 29.4 Å². The van der Waals surface area contributed by atoms with Gasteiger partial charge < -0.3 is 14.7 Å². The molecule has 5 heterocycles. The Balaban J connectivity index is 1.50. The van der Waals surface area contributed by atoms with E-state index in [0.29, 0.717) is 0 Å². The van der Waals surface area contributed by atoms with Crippen LogP contribution in [0, 0.1) is 0 Å². The summed E-state index contributed by atoms with van der Waals surface area (Å²) in [5.41, 5.74) is 9.18. The molecule has 29 heavy (non-hydrogen) atoms. The summed E-state index contributed by atoms with van der Waals surface area (Å²) in [5, 5.41) is 12.2. The molecule has 5 aromatic rings. The number of nitrogens with zero attached hydrogens (tertiary/aromatic N) is 2. The lowest BCUT2D eigenvalue weighted by molar-refractivity contribution is 0.568. The van der Waals surface area contributed by atoms with Gasteiger partial charge in [-0.3, -0.25) is 5.10 Å². The fourth-order valence-corrected chi connectivity index (χ4v) is 4.07. The first-order valence-electron chi connectivity index (χ1n) is 9.77. The van der Waals surface area contributed by atoms with E-state index in [2.05, 4.69) is 56.9 Å². The number of pyridine rings is 1. The summed E-state index contributed by atoms with van der Waals surface area (Å²) in [6.07, 6.45) is 6.68. The van der Waals surface area contributed by atoms with Gasteiger partial charge in [-0.1, -0.05) is 18.2 Å². The third-order valence-electron chi connectivity index (χ3n) is 5.55.